The number of amides is 1. The van der Waals surface area contributed by atoms with Crippen molar-refractivity contribution in [2.45, 2.75) is 59.0 Å². The molecule has 28 heavy (non-hydrogen) atoms. The Hall–Kier alpha value is -1.85. The summed E-state index contributed by atoms with van der Waals surface area (Å²) in [5, 5.41) is 8.03. The Labute approximate surface area is 174 Å². The van der Waals surface area contributed by atoms with Gasteiger partial charge in [0.1, 0.15) is 0 Å². The van der Waals surface area contributed by atoms with Crippen LogP contribution in [0.15, 0.2) is 24.3 Å². The van der Waals surface area contributed by atoms with Crippen LogP contribution >= 0.6 is 12.4 Å². The van der Waals surface area contributed by atoms with Gasteiger partial charge in [-0.15, -0.1) is 12.4 Å². The van der Waals surface area contributed by atoms with Gasteiger partial charge in [0.15, 0.2) is 0 Å². The van der Waals surface area contributed by atoms with Crippen LogP contribution in [-0.4, -0.2) is 46.8 Å². The number of aryl methyl sites for hydroxylation is 2. The maximum absolute atomic E-state index is 12.7. The van der Waals surface area contributed by atoms with Crippen LogP contribution in [0.3, 0.4) is 0 Å². The maximum atomic E-state index is 12.7. The highest BCUT2D eigenvalue weighted by atomic mass is 35.5. The number of nitrogens with one attached hydrogen (secondary N) is 1. The number of hydrogen-bond acceptors (Lipinski definition) is 3. The van der Waals surface area contributed by atoms with Gasteiger partial charge in [0.2, 0.25) is 5.91 Å². The molecule has 3 rings (SSSR count). The number of benzene rings is 1. The van der Waals surface area contributed by atoms with E-state index < -0.39 is 0 Å². The number of aromatic nitrogens is 2. The fourth-order valence-corrected chi connectivity index (χ4v) is 3.95. The van der Waals surface area contributed by atoms with Gasteiger partial charge >= 0.3 is 0 Å². The van der Waals surface area contributed by atoms with Gasteiger partial charge in [-0.25, -0.2) is 0 Å². The summed E-state index contributed by atoms with van der Waals surface area (Å²) >= 11 is 0. The molecule has 1 fully saturated rings. The van der Waals surface area contributed by atoms with Crippen molar-refractivity contribution >= 4 is 18.3 Å². The molecule has 2 heterocycles. The van der Waals surface area contributed by atoms with Gasteiger partial charge in [-0.1, -0.05) is 29.8 Å². The Bertz CT molecular complexity index is 785. The SMILES string of the molecule is CNC1CCCN(C(=O)CCc2c(C)nn(Cc3ccc(C)cc3)c2C)C1.Cl. The molecule has 1 saturated heterocycles. The van der Waals surface area contributed by atoms with Crippen LogP contribution in [0.1, 0.15) is 47.3 Å². The highest BCUT2D eigenvalue weighted by molar-refractivity contribution is 5.85. The Kier molecular flexibility index (Phi) is 8.08. The number of piperidine rings is 1. The van der Waals surface area contributed by atoms with Crippen molar-refractivity contribution in [2.24, 2.45) is 0 Å². The van der Waals surface area contributed by atoms with Gasteiger partial charge in [-0.3, -0.25) is 9.48 Å². The lowest BCUT2D eigenvalue weighted by Crippen LogP contribution is -2.47. The van der Waals surface area contributed by atoms with Gasteiger partial charge in [-0.2, -0.15) is 5.10 Å². The van der Waals surface area contributed by atoms with Gasteiger partial charge in [0.05, 0.1) is 12.2 Å². The number of nitrogens with zero attached hydrogens (tertiary/aromatic N) is 3. The first-order valence-corrected chi connectivity index (χ1v) is 10.0. The van der Waals surface area contributed by atoms with Crippen LogP contribution in [-0.2, 0) is 17.8 Å². The van der Waals surface area contributed by atoms with Crippen LogP contribution < -0.4 is 5.32 Å². The summed E-state index contributed by atoms with van der Waals surface area (Å²) in [6.45, 7) is 8.77. The lowest BCUT2D eigenvalue weighted by Gasteiger charge is -2.32. The Morgan fingerprint density at radius 3 is 2.61 bits per heavy atom. The third kappa shape index (κ3) is 5.36. The third-order valence-electron chi connectivity index (χ3n) is 5.76. The Balaban J connectivity index is 0.00000280. The molecule has 1 atom stereocenters. The normalized spacial score (nSPS) is 16.7. The highest BCUT2D eigenvalue weighted by Gasteiger charge is 2.23. The van der Waals surface area contributed by atoms with E-state index in [1.54, 1.807) is 0 Å². The van der Waals surface area contributed by atoms with Gasteiger partial charge in [0, 0.05) is 31.2 Å². The first-order chi connectivity index (χ1) is 13.0. The molecule has 0 aliphatic carbocycles. The summed E-state index contributed by atoms with van der Waals surface area (Å²) < 4.78 is 2.07. The number of likely N-dealkylation sites (N-methyl/N-ethyl adjacent to an activating group) is 1. The molecular formula is C22H33ClN4O. The molecule has 2 aromatic rings. The quantitative estimate of drug-likeness (QED) is 0.802. The predicted octanol–water partition coefficient (Wildman–Crippen LogP) is 3.42. The van der Waals surface area contributed by atoms with Crippen molar-refractivity contribution < 1.29 is 4.79 Å². The first kappa shape index (κ1) is 22.4. The molecular weight excluding hydrogens is 372 g/mol. The zero-order valence-electron chi connectivity index (χ0n) is 17.5. The van der Waals surface area contributed by atoms with Crippen molar-refractivity contribution in [1.82, 2.24) is 20.0 Å². The second-order valence-corrected chi connectivity index (χ2v) is 7.76. The number of carbonyl (C=O) groups excluding carboxylic acids is 1. The number of carbonyl (C=O) groups is 1. The van der Waals surface area contributed by atoms with Gasteiger partial charge < -0.3 is 10.2 Å². The summed E-state index contributed by atoms with van der Waals surface area (Å²) in [6.07, 6.45) is 3.58. The fraction of sp³-hybridized carbons (Fsp3) is 0.545. The lowest BCUT2D eigenvalue weighted by atomic mass is 10.0. The molecule has 1 unspecified atom stereocenters. The highest BCUT2D eigenvalue weighted by Crippen LogP contribution is 2.18. The molecule has 5 nitrogen and oxygen atoms in total. The van der Waals surface area contributed by atoms with Crippen molar-refractivity contribution in [1.29, 1.82) is 0 Å². The van der Waals surface area contributed by atoms with E-state index in [4.69, 9.17) is 5.10 Å². The second-order valence-electron chi connectivity index (χ2n) is 7.76. The molecule has 1 aromatic heterocycles. The van der Waals surface area contributed by atoms with Crippen LogP contribution in [0.5, 0.6) is 0 Å². The summed E-state index contributed by atoms with van der Waals surface area (Å²) in [7, 11) is 1.98. The number of hydrogen-bond donors (Lipinski definition) is 1. The molecule has 6 heteroatoms. The first-order valence-electron chi connectivity index (χ1n) is 10.0. The maximum Gasteiger partial charge on any atom is 0.222 e. The summed E-state index contributed by atoms with van der Waals surface area (Å²) in [5.41, 5.74) is 5.95. The monoisotopic (exact) mass is 404 g/mol. The topological polar surface area (TPSA) is 50.2 Å². The fourth-order valence-electron chi connectivity index (χ4n) is 3.95. The molecule has 1 amide bonds. The standard InChI is InChI=1S/C22H32N4O.ClH/c1-16-7-9-19(10-8-16)14-26-18(3)21(17(2)24-26)11-12-22(27)25-13-5-6-20(15-25)23-4;/h7-10,20,23H,5-6,11-15H2,1-4H3;1H. The average molecular weight is 405 g/mol. The van der Waals surface area contributed by atoms with E-state index >= 15 is 0 Å². The number of likely N-dealkylation sites (tertiary alicyclic amines) is 1. The molecule has 0 radical (unpaired) electrons. The van der Waals surface area contributed by atoms with E-state index in [2.05, 4.69) is 55.0 Å². The predicted molar refractivity (Wildman–Crippen MR) is 116 cm³/mol. The molecule has 1 N–H and O–H groups in total. The van der Waals surface area contributed by atoms with Gasteiger partial charge in [-0.05, 0) is 58.2 Å². The molecule has 154 valence electrons. The van der Waals surface area contributed by atoms with Crippen molar-refractivity contribution in [2.75, 3.05) is 20.1 Å². The van der Waals surface area contributed by atoms with E-state index in [-0.39, 0.29) is 18.3 Å². The third-order valence-corrected chi connectivity index (χ3v) is 5.76. The van der Waals surface area contributed by atoms with E-state index in [0.29, 0.717) is 12.5 Å². The Morgan fingerprint density at radius 2 is 1.93 bits per heavy atom. The zero-order valence-corrected chi connectivity index (χ0v) is 18.3. The summed E-state index contributed by atoms with van der Waals surface area (Å²) in [5.74, 6) is 0.264. The van der Waals surface area contributed by atoms with Crippen LogP contribution in [0.25, 0.3) is 0 Å². The van der Waals surface area contributed by atoms with Crippen molar-refractivity contribution in [3.05, 3.63) is 52.3 Å². The number of rotatable bonds is 6. The summed E-state index contributed by atoms with van der Waals surface area (Å²) in [4.78, 5) is 14.7. The minimum Gasteiger partial charge on any atom is -0.341 e. The van der Waals surface area contributed by atoms with E-state index in [1.807, 2.05) is 11.9 Å². The zero-order chi connectivity index (χ0) is 19.4. The van der Waals surface area contributed by atoms with Gasteiger partial charge in [0.25, 0.3) is 0 Å². The number of halogens is 1. The lowest BCUT2D eigenvalue weighted by molar-refractivity contribution is -0.132. The largest absolute Gasteiger partial charge is 0.341 e. The minimum absolute atomic E-state index is 0. The van der Waals surface area contributed by atoms with E-state index in [0.717, 1.165) is 44.6 Å². The van der Waals surface area contributed by atoms with Crippen LogP contribution in [0, 0.1) is 20.8 Å². The molecule has 1 aliphatic rings. The van der Waals surface area contributed by atoms with Crippen molar-refractivity contribution in [3.8, 4) is 0 Å². The van der Waals surface area contributed by atoms with E-state index in [9.17, 15) is 4.79 Å². The molecule has 0 saturated carbocycles. The van der Waals surface area contributed by atoms with Crippen LogP contribution in [0.2, 0.25) is 0 Å². The molecule has 1 aromatic carbocycles. The van der Waals surface area contributed by atoms with Crippen LogP contribution in [0.4, 0.5) is 0 Å². The molecule has 0 spiro atoms. The Morgan fingerprint density at radius 1 is 1.21 bits per heavy atom. The minimum atomic E-state index is 0. The average Bonchev–Trinajstić information content (AvgIpc) is 2.94. The van der Waals surface area contributed by atoms with E-state index in [1.165, 1.54) is 22.4 Å². The molecule has 0 bridgehead atoms. The van der Waals surface area contributed by atoms with Crippen molar-refractivity contribution in [3.63, 3.8) is 0 Å². The summed E-state index contributed by atoms with van der Waals surface area (Å²) in [6, 6.07) is 9.02. The molecule has 1 aliphatic heterocycles. The smallest absolute Gasteiger partial charge is 0.222 e. The second kappa shape index (κ2) is 10.1.